The molecule has 1 aromatic carbocycles. The number of benzene rings is 1. The van der Waals surface area contributed by atoms with Crippen molar-refractivity contribution in [3.05, 3.63) is 69.2 Å². The van der Waals surface area contributed by atoms with E-state index in [0.29, 0.717) is 18.3 Å². The van der Waals surface area contributed by atoms with E-state index in [4.69, 9.17) is 0 Å². The summed E-state index contributed by atoms with van der Waals surface area (Å²) in [7, 11) is 1.24. The number of fused-ring (bicyclic) bond motifs is 1. The zero-order valence-corrected chi connectivity index (χ0v) is 15.3. The first-order chi connectivity index (χ1) is 13.9. The molecule has 1 N–H and O–H groups in total. The second-order valence-electron chi connectivity index (χ2n) is 6.39. The van der Waals surface area contributed by atoms with Crippen LogP contribution in [0.15, 0.2) is 29.2 Å². The molecule has 2 heterocycles. The van der Waals surface area contributed by atoms with Crippen molar-refractivity contribution in [3.8, 4) is 0 Å². The number of alkyl halides is 3. The molecule has 0 radical (unpaired) electrons. The molecule has 0 unspecified atom stereocenters. The number of amides is 1. The van der Waals surface area contributed by atoms with E-state index in [1.165, 1.54) is 14.0 Å². The van der Waals surface area contributed by atoms with Crippen LogP contribution in [0.2, 0.25) is 0 Å². The molecule has 6 nitrogen and oxygen atoms in total. The fourth-order valence-corrected chi connectivity index (χ4v) is 2.82. The van der Waals surface area contributed by atoms with E-state index < -0.39 is 52.4 Å². The number of carbonyl (C=O) groups excluding carboxylic acids is 1. The number of H-pyrrole nitrogens is 1. The number of hydrogen-bond donors (Lipinski definition) is 1. The molecule has 0 bridgehead atoms. The largest absolute Gasteiger partial charge is 0.436 e. The van der Waals surface area contributed by atoms with Gasteiger partial charge in [0, 0.05) is 18.6 Å². The molecule has 0 aliphatic heterocycles. The molecule has 1 atom stereocenters. The maximum absolute atomic E-state index is 13.7. The van der Waals surface area contributed by atoms with E-state index in [1.807, 2.05) is 0 Å². The number of nitrogens with zero attached hydrogens (tertiary/aromatic N) is 3. The molecule has 0 saturated carbocycles. The zero-order chi connectivity index (χ0) is 22.4. The van der Waals surface area contributed by atoms with Gasteiger partial charge in [0.1, 0.15) is 0 Å². The third-order valence-corrected chi connectivity index (χ3v) is 4.51. The lowest BCUT2D eigenvalue weighted by atomic mass is 10.0. The van der Waals surface area contributed by atoms with Crippen molar-refractivity contribution >= 4 is 16.7 Å². The van der Waals surface area contributed by atoms with Crippen LogP contribution < -0.4 is 5.56 Å². The minimum atomic E-state index is -5.02. The van der Waals surface area contributed by atoms with Crippen molar-refractivity contribution in [2.75, 3.05) is 7.05 Å². The van der Waals surface area contributed by atoms with Gasteiger partial charge in [-0.05, 0) is 25.1 Å². The van der Waals surface area contributed by atoms with Crippen molar-refractivity contribution in [1.29, 1.82) is 0 Å². The van der Waals surface area contributed by atoms with E-state index >= 15 is 0 Å². The first-order valence-corrected chi connectivity index (χ1v) is 8.29. The van der Waals surface area contributed by atoms with Gasteiger partial charge in [-0.15, -0.1) is 0 Å². The predicted octanol–water partition coefficient (Wildman–Crippen LogP) is 3.59. The highest BCUT2D eigenvalue weighted by Crippen LogP contribution is 2.30. The van der Waals surface area contributed by atoms with Gasteiger partial charge in [0.15, 0.2) is 23.1 Å². The highest BCUT2D eigenvalue weighted by Gasteiger charge is 2.36. The maximum Gasteiger partial charge on any atom is 0.436 e. The molecule has 158 valence electrons. The Balaban J connectivity index is 2.00. The number of nitrogens with one attached hydrogen (secondary N) is 1. The van der Waals surface area contributed by atoms with Crippen LogP contribution in [0.5, 0.6) is 0 Å². The Labute approximate surface area is 164 Å². The van der Waals surface area contributed by atoms with Gasteiger partial charge < -0.3 is 4.90 Å². The number of carbonyl (C=O) groups is 1. The number of halogens is 6. The first-order valence-electron chi connectivity index (χ1n) is 8.29. The smallest absolute Gasteiger partial charge is 0.333 e. The molecular weight excluding hydrogens is 418 g/mol. The van der Waals surface area contributed by atoms with Crippen LogP contribution in [-0.2, 0) is 6.18 Å². The maximum atomic E-state index is 13.7. The van der Waals surface area contributed by atoms with Crippen LogP contribution in [-0.4, -0.2) is 33.0 Å². The van der Waals surface area contributed by atoms with Crippen molar-refractivity contribution < 1.29 is 31.1 Å². The van der Waals surface area contributed by atoms with E-state index in [2.05, 4.69) is 15.2 Å². The third kappa shape index (κ3) is 3.72. The van der Waals surface area contributed by atoms with Crippen molar-refractivity contribution in [1.82, 2.24) is 20.1 Å². The van der Waals surface area contributed by atoms with Crippen LogP contribution in [0.1, 0.15) is 34.7 Å². The van der Waals surface area contributed by atoms with Gasteiger partial charge in [-0.2, -0.15) is 18.3 Å². The Morgan fingerprint density at radius 2 is 1.67 bits per heavy atom. The molecule has 30 heavy (non-hydrogen) atoms. The summed E-state index contributed by atoms with van der Waals surface area (Å²) in [5.41, 5.74) is -3.04. The average molecular weight is 430 g/mol. The van der Waals surface area contributed by atoms with Crippen LogP contribution in [0.3, 0.4) is 0 Å². The van der Waals surface area contributed by atoms with Gasteiger partial charge in [0.05, 0.1) is 22.7 Å². The Hall–Kier alpha value is -3.44. The lowest BCUT2D eigenvalue weighted by Gasteiger charge is -2.25. The molecule has 0 aliphatic carbocycles. The summed E-state index contributed by atoms with van der Waals surface area (Å²) in [5.74, 6) is -5.13. The number of aromatic nitrogens is 3. The number of hydrogen-bond acceptors (Lipinski definition) is 4. The Morgan fingerprint density at radius 1 is 1.07 bits per heavy atom. The molecule has 0 fully saturated rings. The van der Waals surface area contributed by atoms with Gasteiger partial charge in [-0.25, -0.2) is 23.3 Å². The fraction of sp³-hybridized carbons (Fsp3) is 0.222. The molecule has 1 amide bonds. The molecule has 12 heteroatoms. The van der Waals surface area contributed by atoms with Gasteiger partial charge >= 0.3 is 6.18 Å². The quantitative estimate of drug-likeness (QED) is 0.645. The van der Waals surface area contributed by atoms with Gasteiger partial charge in [0.25, 0.3) is 11.5 Å². The number of pyridine rings is 1. The minimum Gasteiger partial charge on any atom is -0.333 e. The molecular formula is C18H12F6N4O2. The summed E-state index contributed by atoms with van der Waals surface area (Å²) < 4.78 is 78.8. The number of aromatic amines is 1. The Bertz CT molecular complexity index is 1210. The van der Waals surface area contributed by atoms with Crippen LogP contribution in [0, 0.1) is 17.5 Å². The minimum absolute atomic E-state index is 0.0142. The Morgan fingerprint density at radius 3 is 2.23 bits per heavy atom. The van der Waals surface area contributed by atoms with Crippen molar-refractivity contribution in [2.45, 2.75) is 19.1 Å². The number of rotatable bonds is 3. The highest BCUT2D eigenvalue weighted by molar-refractivity contribution is 5.94. The van der Waals surface area contributed by atoms with Gasteiger partial charge in [-0.1, -0.05) is 0 Å². The second kappa shape index (κ2) is 7.43. The van der Waals surface area contributed by atoms with E-state index in [9.17, 15) is 35.9 Å². The lowest BCUT2D eigenvalue weighted by Crippen LogP contribution is -2.31. The SMILES string of the molecule is C[C@H](c1n[nH]c(=O)c2cc(F)c(F)cc12)N(C)C(=O)c1cnc(C(F)(F)F)c(F)c1. The summed E-state index contributed by atoms with van der Waals surface area (Å²) in [6.45, 7) is 1.42. The summed E-state index contributed by atoms with van der Waals surface area (Å²) >= 11 is 0. The summed E-state index contributed by atoms with van der Waals surface area (Å²) in [4.78, 5) is 28.4. The van der Waals surface area contributed by atoms with E-state index in [-0.39, 0.29) is 16.5 Å². The summed E-state index contributed by atoms with van der Waals surface area (Å²) in [5, 5.41) is 5.60. The molecule has 0 spiro atoms. The first kappa shape index (κ1) is 21.3. The van der Waals surface area contributed by atoms with E-state index in [0.717, 1.165) is 11.0 Å². The van der Waals surface area contributed by atoms with Crippen LogP contribution in [0.4, 0.5) is 26.3 Å². The van der Waals surface area contributed by atoms with Crippen LogP contribution in [0.25, 0.3) is 10.8 Å². The molecule has 3 aromatic rings. The van der Waals surface area contributed by atoms with Gasteiger partial charge in [-0.3, -0.25) is 9.59 Å². The molecule has 0 saturated heterocycles. The monoisotopic (exact) mass is 430 g/mol. The second-order valence-corrected chi connectivity index (χ2v) is 6.39. The predicted molar refractivity (Wildman–Crippen MR) is 92.0 cm³/mol. The van der Waals surface area contributed by atoms with Crippen molar-refractivity contribution in [3.63, 3.8) is 0 Å². The summed E-state index contributed by atoms with van der Waals surface area (Å²) in [6, 6.07) is 0.857. The topological polar surface area (TPSA) is 79.0 Å². The Kier molecular flexibility index (Phi) is 5.27. The molecule has 3 rings (SSSR count). The molecule has 2 aromatic heterocycles. The average Bonchev–Trinajstić information content (AvgIpc) is 2.67. The highest BCUT2D eigenvalue weighted by atomic mass is 19.4. The standard InChI is InChI=1S/C18H12F6N4O2/c1-7(14-9-4-11(19)12(20)5-10(9)16(29)27-26-14)28(2)17(30)8-3-13(21)15(25-6-8)18(22,23)24/h3-7H,1-2H3,(H,27,29)/t7-/m1/s1. The van der Waals surface area contributed by atoms with Crippen molar-refractivity contribution in [2.24, 2.45) is 0 Å². The van der Waals surface area contributed by atoms with Gasteiger partial charge in [0.2, 0.25) is 0 Å². The zero-order valence-electron chi connectivity index (χ0n) is 15.3. The molecule has 0 aliphatic rings. The third-order valence-electron chi connectivity index (χ3n) is 4.51. The summed E-state index contributed by atoms with van der Waals surface area (Å²) in [6.07, 6.45) is -4.45. The fourth-order valence-electron chi connectivity index (χ4n) is 2.82. The lowest BCUT2D eigenvalue weighted by molar-refractivity contribution is -0.143. The van der Waals surface area contributed by atoms with Crippen LogP contribution >= 0.6 is 0 Å². The normalized spacial score (nSPS) is 12.8. The van der Waals surface area contributed by atoms with E-state index in [1.54, 1.807) is 0 Å².